The Labute approximate surface area is 164 Å². The molecular weight excluding hydrogens is 356 g/mol. The molecule has 0 bridgehead atoms. The van der Waals surface area contributed by atoms with Crippen molar-refractivity contribution in [2.24, 2.45) is 0 Å². The molecule has 1 fully saturated rings. The third-order valence-electron chi connectivity index (χ3n) is 5.35. The van der Waals surface area contributed by atoms with Crippen molar-refractivity contribution in [2.75, 3.05) is 25.1 Å². The van der Waals surface area contributed by atoms with Crippen molar-refractivity contribution >= 4 is 17.8 Å². The van der Waals surface area contributed by atoms with Gasteiger partial charge in [-0.1, -0.05) is 12.7 Å². The summed E-state index contributed by atoms with van der Waals surface area (Å²) < 4.78 is 11.1. The molecule has 0 unspecified atom stereocenters. The maximum absolute atomic E-state index is 12.1. The lowest BCUT2D eigenvalue weighted by Crippen LogP contribution is -2.39. The number of amides is 1. The topological polar surface area (TPSA) is 76.6 Å². The molecule has 2 aromatic rings. The van der Waals surface area contributed by atoms with Gasteiger partial charge in [-0.25, -0.2) is 9.97 Å². The molecule has 2 aliphatic rings. The van der Waals surface area contributed by atoms with Gasteiger partial charge in [-0.3, -0.25) is 4.79 Å². The van der Waals surface area contributed by atoms with E-state index in [2.05, 4.69) is 21.8 Å². The number of ether oxygens (including phenoxy) is 2. The van der Waals surface area contributed by atoms with Crippen molar-refractivity contribution in [2.45, 2.75) is 32.4 Å². The van der Waals surface area contributed by atoms with E-state index in [0.717, 1.165) is 54.3 Å². The normalized spacial score (nSPS) is 16.5. The second kappa shape index (κ2) is 7.50. The number of pyridine rings is 2. The van der Waals surface area contributed by atoms with E-state index in [1.807, 2.05) is 13.0 Å². The first-order chi connectivity index (χ1) is 13.6. The highest BCUT2D eigenvalue weighted by atomic mass is 16.5. The van der Waals surface area contributed by atoms with E-state index in [-0.39, 0.29) is 12.0 Å². The van der Waals surface area contributed by atoms with Crippen LogP contribution in [0.5, 0.6) is 11.6 Å². The second-order valence-corrected chi connectivity index (χ2v) is 7.02. The number of fused-ring (bicyclic) bond motifs is 1. The summed E-state index contributed by atoms with van der Waals surface area (Å²) in [6, 6.07) is 3.68. The van der Waals surface area contributed by atoms with Crippen LogP contribution in [0.4, 0.5) is 5.82 Å². The SMILES string of the molecule is C=Cc1c(C)c(N2CCC(Oc3ccc(OC)nc3)CC2)nc2c1C(=O)NC2. The fourth-order valence-electron chi connectivity index (χ4n) is 3.86. The number of rotatable bonds is 5. The molecule has 0 aromatic carbocycles. The number of carbonyl (C=O) groups excluding carboxylic acids is 1. The largest absolute Gasteiger partial charge is 0.489 e. The number of hydrogen-bond donors (Lipinski definition) is 1. The molecule has 1 amide bonds. The summed E-state index contributed by atoms with van der Waals surface area (Å²) in [5.41, 5.74) is 3.37. The Morgan fingerprint density at radius 3 is 2.75 bits per heavy atom. The highest BCUT2D eigenvalue weighted by molar-refractivity contribution is 6.02. The van der Waals surface area contributed by atoms with Crippen molar-refractivity contribution < 1.29 is 14.3 Å². The maximum Gasteiger partial charge on any atom is 0.254 e. The molecule has 0 aliphatic carbocycles. The van der Waals surface area contributed by atoms with Crippen molar-refractivity contribution in [3.8, 4) is 11.6 Å². The van der Waals surface area contributed by atoms with Gasteiger partial charge >= 0.3 is 0 Å². The molecule has 28 heavy (non-hydrogen) atoms. The van der Waals surface area contributed by atoms with Gasteiger partial charge in [0.05, 0.1) is 31.1 Å². The number of anilines is 1. The van der Waals surface area contributed by atoms with Crippen LogP contribution in [0.15, 0.2) is 24.9 Å². The van der Waals surface area contributed by atoms with Crippen molar-refractivity contribution in [3.05, 3.63) is 47.3 Å². The molecule has 7 nitrogen and oxygen atoms in total. The molecule has 1 saturated heterocycles. The lowest BCUT2D eigenvalue weighted by atomic mass is 10.0. The smallest absolute Gasteiger partial charge is 0.254 e. The summed E-state index contributed by atoms with van der Waals surface area (Å²) in [6.07, 6.45) is 5.38. The van der Waals surface area contributed by atoms with Crippen LogP contribution in [0.3, 0.4) is 0 Å². The Kier molecular flexibility index (Phi) is 4.90. The summed E-state index contributed by atoms with van der Waals surface area (Å²) in [6.45, 7) is 8.08. The van der Waals surface area contributed by atoms with E-state index in [1.54, 1.807) is 25.4 Å². The van der Waals surface area contributed by atoms with Gasteiger partial charge in [-0.2, -0.15) is 0 Å². The molecule has 2 aliphatic heterocycles. The number of nitrogens with zero attached hydrogens (tertiary/aromatic N) is 3. The highest BCUT2D eigenvalue weighted by Gasteiger charge is 2.29. The van der Waals surface area contributed by atoms with Crippen LogP contribution in [0.1, 0.15) is 40.0 Å². The van der Waals surface area contributed by atoms with E-state index < -0.39 is 0 Å². The van der Waals surface area contributed by atoms with Crippen LogP contribution < -0.4 is 19.7 Å². The Hall–Kier alpha value is -3.09. The minimum atomic E-state index is -0.0627. The Morgan fingerprint density at radius 1 is 1.32 bits per heavy atom. The molecule has 0 radical (unpaired) electrons. The second-order valence-electron chi connectivity index (χ2n) is 7.02. The van der Waals surface area contributed by atoms with E-state index in [0.29, 0.717) is 18.0 Å². The summed E-state index contributed by atoms with van der Waals surface area (Å²) in [5.74, 6) is 2.21. The fourth-order valence-corrected chi connectivity index (χ4v) is 3.86. The molecule has 0 atom stereocenters. The van der Waals surface area contributed by atoms with Gasteiger partial charge in [0.15, 0.2) is 0 Å². The highest BCUT2D eigenvalue weighted by Crippen LogP contribution is 2.31. The first-order valence-electron chi connectivity index (χ1n) is 9.46. The number of piperidine rings is 1. The molecule has 4 heterocycles. The molecule has 0 spiro atoms. The molecular formula is C21H24N4O3. The van der Waals surface area contributed by atoms with Gasteiger partial charge in [-0.05, 0) is 24.1 Å². The molecule has 4 rings (SSSR count). The van der Waals surface area contributed by atoms with Crippen LogP contribution in [-0.4, -0.2) is 42.2 Å². The first-order valence-corrected chi connectivity index (χ1v) is 9.46. The number of methoxy groups -OCH3 is 1. The minimum Gasteiger partial charge on any atom is -0.489 e. The maximum atomic E-state index is 12.1. The molecule has 7 heteroatoms. The van der Waals surface area contributed by atoms with Crippen LogP contribution in [-0.2, 0) is 6.54 Å². The zero-order chi connectivity index (χ0) is 19.7. The summed E-state index contributed by atoms with van der Waals surface area (Å²) in [5, 5.41) is 2.86. The number of carbonyl (C=O) groups is 1. The standard InChI is InChI=1S/C21H24N4O3/c1-4-16-13(2)20(24-17-12-23-21(26)19(16)17)25-9-7-14(8-10-25)28-15-5-6-18(27-3)22-11-15/h4-6,11,14H,1,7-10,12H2,2-3H3,(H,23,26). The zero-order valence-electron chi connectivity index (χ0n) is 16.2. The third kappa shape index (κ3) is 3.28. The van der Waals surface area contributed by atoms with Crippen molar-refractivity contribution in [3.63, 3.8) is 0 Å². The van der Waals surface area contributed by atoms with Crippen LogP contribution in [0.2, 0.25) is 0 Å². The van der Waals surface area contributed by atoms with Gasteiger partial charge in [0.2, 0.25) is 5.88 Å². The summed E-state index contributed by atoms with van der Waals surface area (Å²) >= 11 is 0. The number of aromatic nitrogens is 2. The van der Waals surface area contributed by atoms with Crippen molar-refractivity contribution in [1.82, 2.24) is 15.3 Å². The molecule has 0 saturated carbocycles. The third-order valence-corrected chi connectivity index (χ3v) is 5.35. The van der Waals surface area contributed by atoms with Crippen LogP contribution in [0, 0.1) is 6.92 Å². The predicted octanol–water partition coefficient (Wildman–Crippen LogP) is 2.73. The average molecular weight is 380 g/mol. The molecule has 146 valence electrons. The van der Waals surface area contributed by atoms with Gasteiger partial charge in [0.25, 0.3) is 5.91 Å². The van der Waals surface area contributed by atoms with Crippen LogP contribution in [0.25, 0.3) is 6.08 Å². The molecule has 2 aromatic heterocycles. The Morgan fingerprint density at radius 2 is 2.11 bits per heavy atom. The van der Waals surface area contributed by atoms with Gasteiger partial charge in [-0.15, -0.1) is 0 Å². The fraction of sp³-hybridized carbons (Fsp3) is 0.381. The quantitative estimate of drug-likeness (QED) is 0.860. The average Bonchev–Trinajstić information content (AvgIpc) is 3.09. The number of nitrogens with one attached hydrogen (secondary N) is 1. The van der Waals surface area contributed by atoms with Gasteiger partial charge in [0.1, 0.15) is 17.7 Å². The molecule has 1 N–H and O–H groups in total. The van der Waals surface area contributed by atoms with Crippen molar-refractivity contribution in [1.29, 1.82) is 0 Å². The van der Waals surface area contributed by atoms with E-state index in [9.17, 15) is 4.79 Å². The minimum absolute atomic E-state index is 0.0627. The Balaban J connectivity index is 1.46. The first kappa shape index (κ1) is 18.3. The van der Waals surface area contributed by atoms with Gasteiger partial charge < -0.3 is 19.7 Å². The monoisotopic (exact) mass is 380 g/mol. The van der Waals surface area contributed by atoms with E-state index >= 15 is 0 Å². The lowest BCUT2D eigenvalue weighted by Gasteiger charge is -2.34. The number of hydrogen-bond acceptors (Lipinski definition) is 6. The lowest BCUT2D eigenvalue weighted by molar-refractivity contribution is 0.0965. The van der Waals surface area contributed by atoms with Crippen LogP contribution >= 0.6 is 0 Å². The summed E-state index contributed by atoms with van der Waals surface area (Å²) in [7, 11) is 1.59. The predicted molar refractivity (Wildman–Crippen MR) is 107 cm³/mol. The summed E-state index contributed by atoms with van der Waals surface area (Å²) in [4.78, 5) is 23.4. The van der Waals surface area contributed by atoms with Gasteiger partial charge in [0, 0.05) is 32.0 Å². The van der Waals surface area contributed by atoms with E-state index in [4.69, 9.17) is 14.5 Å². The van der Waals surface area contributed by atoms with E-state index in [1.165, 1.54) is 0 Å². The Bertz CT molecular complexity index is 903. The zero-order valence-corrected chi connectivity index (χ0v) is 16.2.